The second-order valence-electron chi connectivity index (χ2n) is 5.50. The van der Waals surface area contributed by atoms with Crippen molar-refractivity contribution in [3.8, 4) is 5.75 Å². The summed E-state index contributed by atoms with van der Waals surface area (Å²) in [5.74, 6) is -1.37. The van der Waals surface area contributed by atoms with Gasteiger partial charge in [-0.3, -0.25) is 9.69 Å². The van der Waals surface area contributed by atoms with Crippen LogP contribution >= 0.6 is 0 Å². The molecule has 0 saturated carbocycles. The highest BCUT2D eigenvalue weighted by Crippen LogP contribution is 2.30. The van der Waals surface area contributed by atoms with Crippen LogP contribution in [0.1, 0.15) is 25.3 Å². The third-order valence-corrected chi connectivity index (χ3v) is 3.64. The summed E-state index contributed by atoms with van der Waals surface area (Å²) in [6.45, 7) is 3.43. The molecule has 4 nitrogen and oxygen atoms in total. The fraction of sp³-hybridized carbons (Fsp3) is 0.500. The maximum atomic E-state index is 13.2. The van der Waals surface area contributed by atoms with Gasteiger partial charge in [0.2, 0.25) is 0 Å². The lowest BCUT2D eigenvalue weighted by Gasteiger charge is -2.37. The highest BCUT2D eigenvalue weighted by atomic mass is 19.1. The van der Waals surface area contributed by atoms with E-state index in [4.69, 9.17) is 0 Å². The Kier molecular flexibility index (Phi) is 3.75. The van der Waals surface area contributed by atoms with E-state index in [1.807, 2.05) is 4.90 Å². The molecule has 1 saturated heterocycles. The van der Waals surface area contributed by atoms with Gasteiger partial charge in [0.1, 0.15) is 11.6 Å². The molecule has 0 radical (unpaired) electrons. The number of carboxylic acids is 1. The first-order chi connectivity index (χ1) is 8.89. The van der Waals surface area contributed by atoms with Crippen LogP contribution in [0.2, 0.25) is 0 Å². The van der Waals surface area contributed by atoms with Crippen LogP contribution in [-0.4, -0.2) is 34.2 Å². The van der Waals surface area contributed by atoms with Crippen molar-refractivity contribution in [2.75, 3.05) is 13.1 Å². The number of carbonyl (C=O) groups is 1. The maximum Gasteiger partial charge on any atom is 0.310 e. The molecule has 19 heavy (non-hydrogen) atoms. The number of aliphatic carboxylic acids is 1. The summed E-state index contributed by atoms with van der Waals surface area (Å²) in [6, 6.07) is 3.93. The molecule has 0 aromatic heterocycles. The second-order valence-corrected chi connectivity index (χ2v) is 5.50. The van der Waals surface area contributed by atoms with Crippen LogP contribution in [0.4, 0.5) is 4.39 Å². The molecule has 2 rings (SSSR count). The number of aromatic hydroxyl groups is 1. The molecule has 1 aromatic rings. The number of likely N-dealkylation sites (tertiary alicyclic amines) is 1. The Bertz CT molecular complexity index is 471. The van der Waals surface area contributed by atoms with Gasteiger partial charge >= 0.3 is 5.97 Å². The zero-order valence-corrected chi connectivity index (χ0v) is 10.9. The lowest BCUT2D eigenvalue weighted by Crippen LogP contribution is -2.45. The number of halogens is 1. The molecule has 104 valence electrons. The van der Waals surface area contributed by atoms with Crippen molar-refractivity contribution in [1.29, 1.82) is 0 Å². The molecule has 0 spiro atoms. The molecule has 1 aliphatic rings. The van der Waals surface area contributed by atoms with Crippen LogP contribution < -0.4 is 0 Å². The molecule has 1 atom stereocenters. The van der Waals surface area contributed by atoms with E-state index in [9.17, 15) is 19.4 Å². The Morgan fingerprint density at radius 2 is 2.21 bits per heavy atom. The highest BCUT2D eigenvalue weighted by molar-refractivity contribution is 5.74. The molecule has 1 unspecified atom stereocenters. The Hall–Kier alpha value is -1.62. The molecule has 1 aromatic carbocycles. The molecule has 2 N–H and O–H groups in total. The molecule has 0 aliphatic carbocycles. The summed E-state index contributed by atoms with van der Waals surface area (Å²) < 4.78 is 13.2. The van der Waals surface area contributed by atoms with Gasteiger partial charge < -0.3 is 10.2 Å². The van der Waals surface area contributed by atoms with Crippen LogP contribution in [0, 0.1) is 11.2 Å². The fourth-order valence-electron chi connectivity index (χ4n) is 2.64. The number of rotatable bonds is 3. The standard InChI is InChI=1S/C14H18FNO3/c1-14(13(18)19)3-2-4-16(9-14)8-10-5-11(15)7-12(17)6-10/h5-7,17H,2-4,8-9H2,1H3,(H,18,19). The summed E-state index contributed by atoms with van der Waals surface area (Å²) >= 11 is 0. The number of piperidine rings is 1. The van der Waals surface area contributed by atoms with Crippen LogP contribution in [0.3, 0.4) is 0 Å². The van der Waals surface area contributed by atoms with Crippen molar-refractivity contribution in [2.45, 2.75) is 26.3 Å². The molecule has 5 heteroatoms. The first kappa shape index (κ1) is 13.8. The highest BCUT2D eigenvalue weighted by Gasteiger charge is 2.37. The van der Waals surface area contributed by atoms with Gasteiger partial charge in [0.15, 0.2) is 0 Å². The minimum atomic E-state index is -0.792. The summed E-state index contributed by atoms with van der Waals surface area (Å²) in [7, 11) is 0. The van der Waals surface area contributed by atoms with Crippen LogP contribution in [0.25, 0.3) is 0 Å². The summed E-state index contributed by atoms with van der Waals surface area (Å²) in [4.78, 5) is 13.2. The van der Waals surface area contributed by atoms with Crippen LogP contribution in [0.5, 0.6) is 5.75 Å². The molecule has 0 bridgehead atoms. The van der Waals surface area contributed by atoms with E-state index in [-0.39, 0.29) is 5.75 Å². The predicted octanol–water partition coefficient (Wildman–Crippen LogP) is 2.22. The average Bonchev–Trinajstić information content (AvgIpc) is 2.27. The van der Waals surface area contributed by atoms with Crippen molar-refractivity contribution in [3.05, 3.63) is 29.6 Å². The van der Waals surface area contributed by atoms with E-state index < -0.39 is 17.2 Å². The quantitative estimate of drug-likeness (QED) is 0.881. The zero-order valence-electron chi connectivity index (χ0n) is 10.9. The van der Waals surface area contributed by atoms with Crippen molar-refractivity contribution in [3.63, 3.8) is 0 Å². The van der Waals surface area contributed by atoms with Crippen molar-refractivity contribution in [2.24, 2.45) is 5.41 Å². The molecular weight excluding hydrogens is 249 g/mol. The van der Waals surface area contributed by atoms with Gasteiger partial charge in [-0.15, -0.1) is 0 Å². The van der Waals surface area contributed by atoms with E-state index in [0.29, 0.717) is 25.1 Å². The lowest BCUT2D eigenvalue weighted by molar-refractivity contribution is -0.151. The summed E-state index contributed by atoms with van der Waals surface area (Å²) in [5.41, 5.74) is -0.0831. The first-order valence-corrected chi connectivity index (χ1v) is 6.33. The van der Waals surface area contributed by atoms with E-state index in [0.717, 1.165) is 19.0 Å². The normalized spacial score (nSPS) is 24.3. The first-order valence-electron chi connectivity index (χ1n) is 6.33. The third kappa shape index (κ3) is 3.23. The topological polar surface area (TPSA) is 60.8 Å². The Balaban J connectivity index is 2.08. The zero-order chi connectivity index (χ0) is 14.0. The van der Waals surface area contributed by atoms with Gasteiger partial charge in [0.05, 0.1) is 5.41 Å². The molecular formula is C14H18FNO3. The van der Waals surface area contributed by atoms with Gasteiger partial charge in [0, 0.05) is 19.2 Å². The maximum absolute atomic E-state index is 13.2. The average molecular weight is 267 g/mol. The minimum absolute atomic E-state index is 0.104. The monoisotopic (exact) mass is 267 g/mol. The predicted molar refractivity (Wildman–Crippen MR) is 68.3 cm³/mol. The Morgan fingerprint density at radius 3 is 2.84 bits per heavy atom. The molecule has 1 heterocycles. The lowest BCUT2D eigenvalue weighted by atomic mass is 9.82. The third-order valence-electron chi connectivity index (χ3n) is 3.64. The number of carboxylic acid groups (broad SMARTS) is 1. The van der Waals surface area contributed by atoms with Crippen LogP contribution in [0.15, 0.2) is 18.2 Å². The van der Waals surface area contributed by atoms with Gasteiger partial charge in [-0.2, -0.15) is 0 Å². The Labute approximate surface area is 111 Å². The van der Waals surface area contributed by atoms with E-state index in [1.165, 1.54) is 12.1 Å². The number of nitrogens with zero attached hydrogens (tertiary/aromatic N) is 1. The largest absolute Gasteiger partial charge is 0.508 e. The number of phenols is 1. The van der Waals surface area contributed by atoms with Gasteiger partial charge in [0.25, 0.3) is 0 Å². The van der Waals surface area contributed by atoms with E-state index in [2.05, 4.69) is 0 Å². The summed E-state index contributed by atoms with van der Waals surface area (Å²) in [6.07, 6.45) is 1.47. The number of hydrogen-bond acceptors (Lipinski definition) is 3. The fourth-order valence-corrected chi connectivity index (χ4v) is 2.64. The smallest absolute Gasteiger partial charge is 0.310 e. The van der Waals surface area contributed by atoms with Crippen molar-refractivity contribution < 1.29 is 19.4 Å². The van der Waals surface area contributed by atoms with Gasteiger partial charge in [-0.05, 0) is 44.0 Å². The molecule has 1 fully saturated rings. The second kappa shape index (κ2) is 5.17. The Morgan fingerprint density at radius 1 is 1.47 bits per heavy atom. The molecule has 0 amide bonds. The van der Waals surface area contributed by atoms with E-state index >= 15 is 0 Å². The number of benzene rings is 1. The van der Waals surface area contributed by atoms with Crippen molar-refractivity contribution in [1.82, 2.24) is 4.90 Å². The van der Waals surface area contributed by atoms with Crippen LogP contribution in [-0.2, 0) is 11.3 Å². The molecule has 1 aliphatic heterocycles. The summed E-state index contributed by atoms with van der Waals surface area (Å²) in [5, 5.41) is 18.6. The number of hydrogen-bond donors (Lipinski definition) is 2. The SMILES string of the molecule is CC1(C(=O)O)CCCN(Cc2cc(O)cc(F)c2)C1. The minimum Gasteiger partial charge on any atom is -0.508 e. The van der Waals surface area contributed by atoms with Crippen molar-refractivity contribution >= 4 is 5.97 Å². The van der Waals surface area contributed by atoms with E-state index in [1.54, 1.807) is 6.92 Å². The van der Waals surface area contributed by atoms with Gasteiger partial charge in [-0.25, -0.2) is 4.39 Å². The van der Waals surface area contributed by atoms with Gasteiger partial charge in [-0.1, -0.05) is 0 Å². The number of phenolic OH excluding ortho intramolecular Hbond substituents is 1.